The first-order chi connectivity index (χ1) is 10.5. The lowest BCUT2D eigenvalue weighted by molar-refractivity contribution is 0.0939. The second-order valence-electron chi connectivity index (χ2n) is 6.14. The molecule has 3 rings (SSSR count). The van der Waals surface area contributed by atoms with Crippen molar-refractivity contribution in [3.63, 3.8) is 0 Å². The lowest BCUT2D eigenvalue weighted by Crippen LogP contribution is -2.27. The van der Waals surface area contributed by atoms with Gasteiger partial charge >= 0.3 is 0 Å². The second-order valence-corrected chi connectivity index (χ2v) is 6.14. The minimum atomic E-state index is -0.0119. The molecule has 2 N–H and O–H groups in total. The van der Waals surface area contributed by atoms with Crippen LogP contribution in [0.2, 0.25) is 0 Å². The van der Waals surface area contributed by atoms with E-state index in [4.69, 9.17) is 0 Å². The van der Waals surface area contributed by atoms with Crippen LogP contribution >= 0.6 is 0 Å². The van der Waals surface area contributed by atoms with Gasteiger partial charge in [-0.25, -0.2) is 0 Å². The van der Waals surface area contributed by atoms with E-state index < -0.39 is 0 Å². The zero-order chi connectivity index (χ0) is 15.7. The van der Waals surface area contributed by atoms with Crippen molar-refractivity contribution in [2.24, 2.45) is 0 Å². The number of hydrogen-bond acceptors (Lipinski definition) is 2. The Labute approximate surface area is 131 Å². The third kappa shape index (κ3) is 2.90. The lowest BCUT2D eigenvalue weighted by atomic mass is 9.99. The van der Waals surface area contributed by atoms with E-state index in [0.29, 0.717) is 0 Å². The maximum Gasteiger partial charge on any atom is 0.251 e. The van der Waals surface area contributed by atoms with Crippen molar-refractivity contribution in [2.45, 2.75) is 39.9 Å². The molecule has 1 atom stereocenters. The molecule has 1 aliphatic heterocycles. The van der Waals surface area contributed by atoms with Crippen molar-refractivity contribution in [1.29, 1.82) is 0 Å². The Morgan fingerprint density at radius 2 is 1.86 bits per heavy atom. The molecule has 2 aromatic carbocycles. The van der Waals surface area contributed by atoms with Gasteiger partial charge < -0.3 is 10.6 Å². The van der Waals surface area contributed by atoms with Crippen LogP contribution in [0.15, 0.2) is 36.4 Å². The van der Waals surface area contributed by atoms with Gasteiger partial charge in [-0.2, -0.15) is 0 Å². The number of rotatable bonds is 3. The Kier molecular flexibility index (Phi) is 3.99. The molecule has 1 aliphatic rings. The third-order valence-electron chi connectivity index (χ3n) is 4.34. The van der Waals surface area contributed by atoms with E-state index in [2.05, 4.69) is 42.7 Å². The maximum atomic E-state index is 12.5. The van der Waals surface area contributed by atoms with Crippen LogP contribution in [-0.4, -0.2) is 5.91 Å². The molecule has 0 saturated carbocycles. The first kappa shape index (κ1) is 14.8. The Balaban J connectivity index is 1.76. The molecule has 1 unspecified atom stereocenters. The normalized spacial score (nSPS) is 14.5. The van der Waals surface area contributed by atoms with Crippen LogP contribution in [-0.2, 0) is 13.1 Å². The van der Waals surface area contributed by atoms with E-state index in [1.807, 2.05) is 25.1 Å². The Bertz CT molecular complexity index is 721. The van der Waals surface area contributed by atoms with Gasteiger partial charge in [-0.3, -0.25) is 4.79 Å². The topological polar surface area (TPSA) is 41.1 Å². The van der Waals surface area contributed by atoms with Crippen molar-refractivity contribution in [3.05, 3.63) is 69.8 Å². The average Bonchev–Trinajstić information content (AvgIpc) is 2.94. The van der Waals surface area contributed by atoms with Crippen molar-refractivity contribution in [1.82, 2.24) is 10.6 Å². The SMILES string of the molecule is Cc1ccc(C(C)NC(=O)c2ccc3c(c2)CNC3)c(C)c1. The summed E-state index contributed by atoms with van der Waals surface area (Å²) >= 11 is 0. The number of benzene rings is 2. The maximum absolute atomic E-state index is 12.5. The average molecular weight is 294 g/mol. The van der Waals surface area contributed by atoms with Gasteiger partial charge in [0.15, 0.2) is 0 Å². The Morgan fingerprint density at radius 3 is 2.64 bits per heavy atom. The molecule has 3 nitrogen and oxygen atoms in total. The molecular formula is C19H22N2O. The summed E-state index contributed by atoms with van der Waals surface area (Å²) in [5.74, 6) is -0.0119. The summed E-state index contributed by atoms with van der Waals surface area (Å²) in [6, 6.07) is 12.3. The van der Waals surface area contributed by atoms with Crippen LogP contribution in [0.1, 0.15) is 51.1 Å². The van der Waals surface area contributed by atoms with E-state index in [0.717, 1.165) is 18.7 Å². The molecule has 1 heterocycles. The van der Waals surface area contributed by atoms with Gasteiger partial charge in [0.25, 0.3) is 5.91 Å². The van der Waals surface area contributed by atoms with Gasteiger partial charge in [0.1, 0.15) is 0 Å². The summed E-state index contributed by atoms with van der Waals surface area (Å²) in [6.07, 6.45) is 0. The Morgan fingerprint density at radius 1 is 1.09 bits per heavy atom. The molecule has 22 heavy (non-hydrogen) atoms. The van der Waals surface area contributed by atoms with E-state index in [9.17, 15) is 4.79 Å². The standard InChI is InChI=1S/C19H22N2O/c1-12-4-7-18(13(2)8-12)14(3)21-19(22)15-5-6-16-10-20-11-17(16)9-15/h4-9,14,20H,10-11H2,1-3H3,(H,21,22). The quantitative estimate of drug-likeness (QED) is 0.911. The van der Waals surface area contributed by atoms with Gasteiger partial charge in [-0.1, -0.05) is 29.8 Å². The molecule has 0 spiro atoms. The summed E-state index contributed by atoms with van der Waals surface area (Å²) < 4.78 is 0. The minimum Gasteiger partial charge on any atom is -0.346 e. The highest BCUT2D eigenvalue weighted by molar-refractivity contribution is 5.94. The number of carbonyl (C=O) groups is 1. The minimum absolute atomic E-state index is 0.000482. The van der Waals surface area contributed by atoms with Gasteiger partial charge in [0, 0.05) is 18.7 Å². The number of hydrogen-bond donors (Lipinski definition) is 2. The Hall–Kier alpha value is -2.13. The molecule has 114 valence electrons. The van der Waals surface area contributed by atoms with Gasteiger partial charge in [0.05, 0.1) is 6.04 Å². The zero-order valence-electron chi connectivity index (χ0n) is 13.4. The summed E-state index contributed by atoms with van der Waals surface area (Å²) in [5.41, 5.74) is 6.88. The van der Waals surface area contributed by atoms with E-state index in [1.165, 1.54) is 27.8 Å². The number of nitrogens with one attached hydrogen (secondary N) is 2. The predicted molar refractivity (Wildman–Crippen MR) is 88.8 cm³/mol. The van der Waals surface area contributed by atoms with Crippen LogP contribution in [0.4, 0.5) is 0 Å². The van der Waals surface area contributed by atoms with Crippen LogP contribution in [0, 0.1) is 13.8 Å². The second kappa shape index (κ2) is 5.93. The summed E-state index contributed by atoms with van der Waals surface area (Å²) in [6.45, 7) is 7.95. The third-order valence-corrected chi connectivity index (χ3v) is 4.34. The van der Waals surface area contributed by atoms with Crippen molar-refractivity contribution in [2.75, 3.05) is 0 Å². The molecule has 2 aromatic rings. The molecule has 1 amide bonds. The van der Waals surface area contributed by atoms with E-state index in [1.54, 1.807) is 0 Å². The fourth-order valence-corrected chi connectivity index (χ4v) is 3.11. The number of carbonyl (C=O) groups excluding carboxylic acids is 1. The number of fused-ring (bicyclic) bond motifs is 1. The number of amides is 1. The predicted octanol–water partition coefficient (Wildman–Crippen LogP) is 3.40. The van der Waals surface area contributed by atoms with Crippen LogP contribution in [0.3, 0.4) is 0 Å². The highest BCUT2D eigenvalue weighted by atomic mass is 16.1. The highest BCUT2D eigenvalue weighted by Crippen LogP contribution is 2.20. The highest BCUT2D eigenvalue weighted by Gasteiger charge is 2.16. The summed E-state index contributed by atoms with van der Waals surface area (Å²) in [7, 11) is 0. The molecule has 0 saturated heterocycles. The van der Waals surface area contributed by atoms with Crippen molar-refractivity contribution >= 4 is 5.91 Å². The zero-order valence-corrected chi connectivity index (χ0v) is 13.4. The van der Waals surface area contributed by atoms with Gasteiger partial charge in [0.2, 0.25) is 0 Å². The van der Waals surface area contributed by atoms with Crippen LogP contribution < -0.4 is 10.6 Å². The molecule has 0 aromatic heterocycles. The van der Waals surface area contributed by atoms with E-state index >= 15 is 0 Å². The van der Waals surface area contributed by atoms with Gasteiger partial charge in [-0.05, 0) is 55.2 Å². The van der Waals surface area contributed by atoms with Crippen molar-refractivity contribution < 1.29 is 4.79 Å². The first-order valence-corrected chi connectivity index (χ1v) is 7.75. The van der Waals surface area contributed by atoms with Gasteiger partial charge in [-0.15, -0.1) is 0 Å². The smallest absolute Gasteiger partial charge is 0.251 e. The monoisotopic (exact) mass is 294 g/mol. The number of aryl methyl sites for hydroxylation is 2. The summed E-state index contributed by atoms with van der Waals surface area (Å²) in [5, 5.41) is 6.41. The summed E-state index contributed by atoms with van der Waals surface area (Å²) in [4.78, 5) is 12.5. The first-order valence-electron chi connectivity index (χ1n) is 7.75. The van der Waals surface area contributed by atoms with Crippen LogP contribution in [0.5, 0.6) is 0 Å². The van der Waals surface area contributed by atoms with Crippen molar-refractivity contribution in [3.8, 4) is 0 Å². The molecule has 0 radical (unpaired) electrons. The molecule has 3 heteroatoms. The fourth-order valence-electron chi connectivity index (χ4n) is 3.11. The lowest BCUT2D eigenvalue weighted by Gasteiger charge is -2.17. The molecule has 0 bridgehead atoms. The largest absolute Gasteiger partial charge is 0.346 e. The molecule has 0 aliphatic carbocycles. The fraction of sp³-hybridized carbons (Fsp3) is 0.316. The van der Waals surface area contributed by atoms with E-state index in [-0.39, 0.29) is 11.9 Å². The van der Waals surface area contributed by atoms with Crippen LogP contribution in [0.25, 0.3) is 0 Å². The molecular weight excluding hydrogens is 272 g/mol. The molecule has 0 fully saturated rings.